The maximum Gasteiger partial charge on any atom is 0.307 e. The van der Waals surface area contributed by atoms with Gasteiger partial charge in [-0.2, -0.15) is 0 Å². The smallest absolute Gasteiger partial charge is 0.307 e. The average molecular weight is 431 g/mol. The number of aliphatic carboxylic acids is 1. The van der Waals surface area contributed by atoms with Crippen LogP contribution in [-0.4, -0.2) is 55.9 Å². The molecule has 0 bridgehead atoms. The Hall–Kier alpha value is -0.700. The zero-order valence-electron chi connectivity index (χ0n) is 17.9. The minimum atomic E-state index is -2.39. The van der Waals surface area contributed by atoms with Crippen LogP contribution in [0.3, 0.4) is 0 Å². The highest BCUT2D eigenvalue weighted by atomic mass is 35.7. The van der Waals surface area contributed by atoms with Crippen LogP contribution in [0.4, 0.5) is 0 Å². The number of esters is 1. The summed E-state index contributed by atoms with van der Waals surface area (Å²) in [7, 11) is 1.80. The lowest BCUT2D eigenvalue weighted by molar-refractivity contribution is -0.160. The maximum absolute atomic E-state index is 11.5. The molecule has 1 N–H and O–H groups in total. The van der Waals surface area contributed by atoms with E-state index >= 15 is 0 Å². The fourth-order valence-corrected chi connectivity index (χ4v) is 2.10. The Morgan fingerprint density at radius 3 is 1.70 bits per heavy atom. The highest BCUT2D eigenvalue weighted by Gasteiger charge is 2.25. The van der Waals surface area contributed by atoms with Crippen LogP contribution in [0, 0.1) is 11.8 Å². The van der Waals surface area contributed by atoms with Crippen LogP contribution in [0.1, 0.15) is 68.2 Å². The normalized spacial score (nSPS) is 13.0. The van der Waals surface area contributed by atoms with Crippen LogP contribution >= 0.6 is 10.7 Å². The van der Waals surface area contributed by atoms with E-state index in [9.17, 15) is 9.59 Å². The molecule has 9 heteroatoms. The molecule has 0 aromatic heterocycles. The monoisotopic (exact) mass is 430 g/mol. The van der Waals surface area contributed by atoms with Gasteiger partial charge < -0.3 is 19.3 Å². The minimum absolute atomic E-state index is 0.0508. The molecule has 0 aliphatic rings. The molecular formula is C18H37ClNO6S-. The zero-order chi connectivity index (χ0) is 22.2. The van der Waals surface area contributed by atoms with Crippen molar-refractivity contribution in [3.05, 3.63) is 0 Å². The fourth-order valence-electron chi connectivity index (χ4n) is 2.10. The highest BCUT2D eigenvalue weighted by Crippen LogP contribution is 2.18. The molecule has 0 saturated carbocycles. The van der Waals surface area contributed by atoms with Gasteiger partial charge in [-0.15, -0.1) is 0 Å². The van der Waals surface area contributed by atoms with E-state index in [0.717, 1.165) is 0 Å². The van der Waals surface area contributed by atoms with Gasteiger partial charge in [0.15, 0.2) is 0 Å². The van der Waals surface area contributed by atoms with Crippen molar-refractivity contribution in [2.24, 2.45) is 11.8 Å². The lowest BCUT2D eigenvalue weighted by Crippen LogP contribution is -2.27. The largest absolute Gasteiger partial charge is 0.760 e. The molecule has 0 aromatic rings. The number of carboxylic acid groups (broad SMARTS) is 1. The molecule has 164 valence electrons. The summed E-state index contributed by atoms with van der Waals surface area (Å²) >= 11 is 0. The molecule has 27 heavy (non-hydrogen) atoms. The van der Waals surface area contributed by atoms with E-state index in [2.05, 4.69) is 36.4 Å². The average Bonchev–Trinajstić information content (AvgIpc) is 2.46. The van der Waals surface area contributed by atoms with E-state index in [-0.39, 0.29) is 12.3 Å². The first-order valence-electron chi connectivity index (χ1n) is 9.12. The molecular weight excluding hydrogens is 394 g/mol. The number of carbonyl (C=O) groups excluding carboxylic acids is 1. The molecule has 0 fully saturated rings. The number of carbonyl (C=O) groups is 2. The predicted octanol–water partition coefficient (Wildman–Crippen LogP) is 3.83. The number of halogens is 1. The van der Waals surface area contributed by atoms with E-state index in [4.69, 9.17) is 18.6 Å². The van der Waals surface area contributed by atoms with Gasteiger partial charge >= 0.3 is 11.9 Å². The summed E-state index contributed by atoms with van der Waals surface area (Å²) in [4.78, 5) is 24.8. The third-order valence-electron chi connectivity index (χ3n) is 3.28. The zero-order valence-corrected chi connectivity index (χ0v) is 19.5. The van der Waals surface area contributed by atoms with Gasteiger partial charge in [0.1, 0.15) is 5.60 Å². The Morgan fingerprint density at radius 2 is 1.52 bits per heavy atom. The molecule has 0 rings (SSSR count). The second-order valence-electron chi connectivity index (χ2n) is 7.27. The Bertz CT molecular complexity index is 413. The number of nitrogens with zero attached hydrogens (tertiary/aromatic N) is 1. The molecule has 0 aliphatic carbocycles. The Morgan fingerprint density at radius 1 is 1.15 bits per heavy atom. The Kier molecular flexibility index (Phi) is 20.0. The van der Waals surface area contributed by atoms with Crippen molar-refractivity contribution in [3.8, 4) is 0 Å². The summed E-state index contributed by atoms with van der Waals surface area (Å²) in [5.41, 5.74) is -0.558. The van der Waals surface area contributed by atoms with Gasteiger partial charge in [0.05, 0.1) is 12.3 Å². The van der Waals surface area contributed by atoms with Crippen LogP contribution in [0.25, 0.3) is 0 Å². The van der Waals surface area contributed by atoms with Gasteiger partial charge in [0.25, 0.3) is 0 Å². The van der Waals surface area contributed by atoms with Gasteiger partial charge in [-0.1, -0.05) is 34.6 Å². The molecule has 0 saturated heterocycles. The second-order valence-corrected chi connectivity index (χ2v) is 8.41. The van der Waals surface area contributed by atoms with Crippen molar-refractivity contribution < 1.29 is 28.2 Å². The van der Waals surface area contributed by atoms with Crippen molar-refractivity contribution in [1.29, 1.82) is 0 Å². The number of carboxylic acids is 1. The van der Waals surface area contributed by atoms with Gasteiger partial charge in [0, 0.05) is 10.3 Å². The van der Waals surface area contributed by atoms with Crippen molar-refractivity contribution in [2.45, 2.75) is 73.8 Å². The molecule has 0 aromatic carbocycles. The topological polar surface area (TPSA) is 107 Å². The summed E-state index contributed by atoms with van der Waals surface area (Å²) in [6.07, 6.45) is 0.444. The number of hydrogen-bond donors (Lipinski definition) is 1. The number of hydrogen-bond acceptors (Lipinski definition) is 6. The highest BCUT2D eigenvalue weighted by molar-refractivity contribution is 8.03. The van der Waals surface area contributed by atoms with Gasteiger partial charge in [-0.25, -0.2) is 0 Å². The molecule has 2 atom stereocenters. The molecule has 0 spiro atoms. The maximum atomic E-state index is 11.5. The predicted molar refractivity (Wildman–Crippen MR) is 109 cm³/mol. The van der Waals surface area contributed by atoms with Crippen LogP contribution in [-0.2, 0) is 24.6 Å². The molecule has 0 aliphatic heterocycles. The van der Waals surface area contributed by atoms with Crippen molar-refractivity contribution in [2.75, 3.05) is 19.6 Å². The van der Waals surface area contributed by atoms with E-state index in [1.165, 1.54) is 19.6 Å². The van der Waals surface area contributed by atoms with Crippen LogP contribution in [0.15, 0.2) is 0 Å². The van der Waals surface area contributed by atoms with E-state index in [1.54, 1.807) is 20.8 Å². The fraction of sp³-hybridized carbons (Fsp3) is 0.889. The lowest BCUT2D eigenvalue weighted by atomic mass is 9.94. The second kappa shape index (κ2) is 17.4. The number of ether oxygens (including phenoxy) is 1. The van der Waals surface area contributed by atoms with Gasteiger partial charge in [-0.05, 0) is 63.4 Å². The van der Waals surface area contributed by atoms with E-state index < -0.39 is 33.8 Å². The van der Waals surface area contributed by atoms with E-state index in [0.29, 0.717) is 6.42 Å². The van der Waals surface area contributed by atoms with Crippen LogP contribution < -0.4 is 0 Å². The van der Waals surface area contributed by atoms with Crippen LogP contribution in [0.5, 0.6) is 0 Å². The third kappa shape index (κ3) is 27.6. The SMILES string of the molecule is CC(C)C[C@@H](CC(=O)OC(C)(C)C)C(=O)O.CCN(CC)CC.O=S([O-])Cl. The first-order valence-corrected chi connectivity index (χ1v) is 11.0. The molecule has 0 heterocycles. The summed E-state index contributed by atoms with van der Waals surface area (Å²) in [6.45, 7) is 19.3. The lowest BCUT2D eigenvalue weighted by Gasteiger charge is -2.21. The molecule has 1 unspecified atom stereocenters. The van der Waals surface area contributed by atoms with Gasteiger partial charge in [0.2, 0.25) is 0 Å². The summed E-state index contributed by atoms with van der Waals surface area (Å²) in [5.74, 6) is -1.77. The Balaban J connectivity index is -0.000000431. The molecule has 0 amide bonds. The quantitative estimate of drug-likeness (QED) is 0.354. The standard InChI is InChI=1S/C12H22O4.C6H15N.ClHO2S/c1-8(2)6-9(11(14)15)7-10(13)16-12(3,4)5;1-4-7(5-2)6-3;1-4(2)3/h8-9H,6-7H2,1-5H3,(H,14,15);4-6H2,1-3H3;(H,2,3)/p-1/t9-;;/m0../s1. The van der Waals surface area contributed by atoms with Crippen molar-refractivity contribution in [3.63, 3.8) is 0 Å². The van der Waals surface area contributed by atoms with Crippen molar-refractivity contribution in [1.82, 2.24) is 4.90 Å². The number of rotatable bonds is 8. The first-order chi connectivity index (χ1) is 12.2. The van der Waals surface area contributed by atoms with Gasteiger partial charge in [-0.3, -0.25) is 13.8 Å². The molecule has 7 nitrogen and oxygen atoms in total. The third-order valence-corrected chi connectivity index (χ3v) is 3.28. The van der Waals surface area contributed by atoms with E-state index in [1.807, 2.05) is 13.8 Å². The van der Waals surface area contributed by atoms with Crippen LogP contribution in [0.2, 0.25) is 0 Å². The summed E-state index contributed by atoms with van der Waals surface area (Å²) < 4.78 is 22.6. The van der Waals surface area contributed by atoms with Crippen molar-refractivity contribution >= 4 is 32.9 Å². The molecule has 0 radical (unpaired) electrons. The summed E-state index contributed by atoms with van der Waals surface area (Å²) in [6, 6.07) is 0. The Labute approximate surface area is 171 Å². The first kappa shape index (κ1) is 31.0. The summed E-state index contributed by atoms with van der Waals surface area (Å²) in [5, 5.41) is 8.96. The minimum Gasteiger partial charge on any atom is -0.760 e.